The van der Waals surface area contributed by atoms with Crippen molar-refractivity contribution in [3.05, 3.63) is 36.0 Å². The van der Waals surface area contributed by atoms with Gasteiger partial charge in [-0.2, -0.15) is 0 Å². The lowest BCUT2D eigenvalue weighted by Crippen LogP contribution is -2.58. The van der Waals surface area contributed by atoms with Gasteiger partial charge in [-0.15, -0.1) is 12.4 Å². The zero-order valence-corrected chi connectivity index (χ0v) is 13.6. The number of piperidine rings is 3. The van der Waals surface area contributed by atoms with E-state index in [0.29, 0.717) is 11.5 Å². The lowest BCUT2D eigenvalue weighted by molar-refractivity contribution is -0.119. The standard InChI is InChI=1S/C17H19N3O2.ClH/c21-16(13-9-18-14-4-2-1-3-12(13)14)17(22)19-15-10-20-7-5-11(15)6-8-20;/h1-4,9,11,15,18H,5-8,10H2,(H,19,22);1H/t15-;/m1./s1. The third-order valence-corrected chi connectivity index (χ3v) is 5.01. The molecule has 1 atom stereocenters. The molecule has 122 valence electrons. The summed E-state index contributed by atoms with van der Waals surface area (Å²) in [6.45, 7) is 3.11. The summed E-state index contributed by atoms with van der Waals surface area (Å²) in [6, 6.07) is 7.65. The monoisotopic (exact) mass is 333 g/mol. The van der Waals surface area contributed by atoms with Crippen molar-refractivity contribution in [3.63, 3.8) is 0 Å². The maximum absolute atomic E-state index is 12.5. The number of Topliss-reactive ketones (excluding diaryl/α,β-unsaturated/α-hetero) is 1. The van der Waals surface area contributed by atoms with Gasteiger partial charge in [0.25, 0.3) is 11.7 Å². The molecule has 4 heterocycles. The number of ketones is 1. The second-order valence-corrected chi connectivity index (χ2v) is 6.30. The lowest BCUT2D eigenvalue weighted by atomic mass is 9.84. The van der Waals surface area contributed by atoms with Crippen molar-refractivity contribution in [1.82, 2.24) is 15.2 Å². The van der Waals surface area contributed by atoms with Crippen molar-refractivity contribution < 1.29 is 9.59 Å². The van der Waals surface area contributed by atoms with Crippen molar-refractivity contribution in [2.75, 3.05) is 19.6 Å². The van der Waals surface area contributed by atoms with Crippen LogP contribution < -0.4 is 5.32 Å². The van der Waals surface area contributed by atoms with Gasteiger partial charge in [0.15, 0.2) is 0 Å². The number of nitrogens with one attached hydrogen (secondary N) is 2. The van der Waals surface area contributed by atoms with E-state index in [2.05, 4.69) is 15.2 Å². The van der Waals surface area contributed by atoms with E-state index in [1.165, 1.54) is 0 Å². The van der Waals surface area contributed by atoms with E-state index < -0.39 is 11.7 Å². The smallest absolute Gasteiger partial charge is 0.292 e. The Morgan fingerprint density at radius 1 is 1.17 bits per heavy atom. The van der Waals surface area contributed by atoms with Crippen LogP contribution in [0.3, 0.4) is 0 Å². The molecule has 2 N–H and O–H groups in total. The Kier molecular flexibility index (Phi) is 4.41. The van der Waals surface area contributed by atoms with Crippen molar-refractivity contribution in [2.45, 2.75) is 18.9 Å². The largest absolute Gasteiger partial charge is 0.360 e. The molecule has 3 fully saturated rings. The van der Waals surface area contributed by atoms with E-state index in [1.54, 1.807) is 6.20 Å². The third kappa shape index (κ3) is 2.86. The quantitative estimate of drug-likeness (QED) is 0.667. The number of rotatable bonds is 3. The molecule has 0 saturated carbocycles. The van der Waals surface area contributed by atoms with E-state index in [4.69, 9.17) is 0 Å². The Morgan fingerprint density at radius 2 is 1.91 bits per heavy atom. The van der Waals surface area contributed by atoms with Gasteiger partial charge < -0.3 is 15.2 Å². The van der Waals surface area contributed by atoms with Crippen LogP contribution >= 0.6 is 12.4 Å². The number of hydrogen-bond donors (Lipinski definition) is 2. The number of fused-ring (bicyclic) bond motifs is 4. The summed E-state index contributed by atoms with van der Waals surface area (Å²) in [5, 5.41) is 3.76. The predicted octanol–water partition coefficient (Wildman–Crippen LogP) is 1.98. The Hall–Kier alpha value is -1.85. The van der Waals surface area contributed by atoms with Crippen LogP contribution in [-0.2, 0) is 4.79 Å². The summed E-state index contributed by atoms with van der Waals surface area (Å²) in [6.07, 6.45) is 3.86. The molecule has 1 aromatic carbocycles. The summed E-state index contributed by atoms with van der Waals surface area (Å²) in [5.41, 5.74) is 1.33. The van der Waals surface area contributed by atoms with E-state index >= 15 is 0 Å². The molecule has 0 aliphatic carbocycles. The SMILES string of the molecule is Cl.O=C(N[C@@H]1CN2CCC1CC2)C(=O)c1c[nH]c2ccccc12. The number of carbonyl (C=O) groups is 2. The molecule has 3 aliphatic heterocycles. The van der Waals surface area contributed by atoms with Gasteiger partial charge in [0.05, 0.1) is 5.56 Å². The van der Waals surface area contributed by atoms with Crippen LogP contribution in [0.1, 0.15) is 23.2 Å². The average molecular weight is 334 g/mol. The molecule has 2 bridgehead atoms. The second kappa shape index (κ2) is 6.34. The molecule has 2 aromatic rings. The van der Waals surface area contributed by atoms with Crippen molar-refractivity contribution in [3.8, 4) is 0 Å². The predicted molar refractivity (Wildman–Crippen MR) is 91.0 cm³/mol. The Bertz CT molecular complexity index is 734. The number of para-hydroxylation sites is 1. The molecule has 1 aromatic heterocycles. The highest BCUT2D eigenvalue weighted by atomic mass is 35.5. The first-order valence-corrected chi connectivity index (χ1v) is 7.86. The number of nitrogens with zero attached hydrogens (tertiary/aromatic N) is 1. The minimum absolute atomic E-state index is 0. The summed E-state index contributed by atoms with van der Waals surface area (Å²) < 4.78 is 0. The fraction of sp³-hybridized carbons (Fsp3) is 0.412. The lowest BCUT2D eigenvalue weighted by Gasteiger charge is -2.44. The van der Waals surface area contributed by atoms with Gasteiger partial charge in [-0.1, -0.05) is 18.2 Å². The number of carbonyl (C=O) groups excluding carboxylic acids is 2. The first kappa shape index (κ1) is 16.0. The van der Waals surface area contributed by atoms with Gasteiger partial charge in [0.2, 0.25) is 0 Å². The molecular formula is C17H20ClN3O2. The van der Waals surface area contributed by atoms with Crippen LogP contribution in [0.15, 0.2) is 30.5 Å². The summed E-state index contributed by atoms with van der Waals surface area (Å²) >= 11 is 0. The topological polar surface area (TPSA) is 65.2 Å². The highest BCUT2D eigenvalue weighted by molar-refractivity contribution is 6.45. The van der Waals surface area contributed by atoms with Gasteiger partial charge in [-0.25, -0.2) is 0 Å². The average Bonchev–Trinajstić information content (AvgIpc) is 2.99. The maximum atomic E-state index is 12.5. The molecular weight excluding hydrogens is 314 g/mol. The van der Waals surface area contributed by atoms with Crippen LogP contribution in [0, 0.1) is 5.92 Å². The van der Waals surface area contributed by atoms with Crippen molar-refractivity contribution >= 4 is 35.0 Å². The van der Waals surface area contributed by atoms with Crippen LogP contribution in [0.25, 0.3) is 10.9 Å². The normalized spacial score (nSPS) is 25.8. The van der Waals surface area contributed by atoms with Gasteiger partial charge >= 0.3 is 0 Å². The van der Waals surface area contributed by atoms with Crippen LogP contribution in [0.5, 0.6) is 0 Å². The molecule has 1 amide bonds. The zero-order valence-electron chi connectivity index (χ0n) is 12.7. The molecule has 3 saturated heterocycles. The second-order valence-electron chi connectivity index (χ2n) is 6.30. The highest BCUT2D eigenvalue weighted by Crippen LogP contribution is 2.27. The third-order valence-electron chi connectivity index (χ3n) is 5.01. The molecule has 5 rings (SSSR count). The minimum Gasteiger partial charge on any atom is -0.360 e. The number of aromatic amines is 1. The number of hydrogen-bond acceptors (Lipinski definition) is 3. The van der Waals surface area contributed by atoms with Gasteiger partial charge in [-0.3, -0.25) is 9.59 Å². The van der Waals surface area contributed by atoms with Crippen molar-refractivity contribution in [2.24, 2.45) is 5.92 Å². The number of H-pyrrole nitrogens is 1. The van der Waals surface area contributed by atoms with Crippen LogP contribution in [-0.4, -0.2) is 47.3 Å². The van der Waals surface area contributed by atoms with Gasteiger partial charge in [0.1, 0.15) is 0 Å². The van der Waals surface area contributed by atoms with E-state index in [-0.39, 0.29) is 18.4 Å². The molecule has 23 heavy (non-hydrogen) atoms. The van der Waals surface area contributed by atoms with Crippen molar-refractivity contribution in [1.29, 1.82) is 0 Å². The zero-order chi connectivity index (χ0) is 15.1. The number of halogens is 1. The molecule has 3 aliphatic rings. The first-order valence-electron chi connectivity index (χ1n) is 7.86. The van der Waals surface area contributed by atoms with Gasteiger partial charge in [0, 0.05) is 29.7 Å². The van der Waals surface area contributed by atoms with E-state index in [1.807, 2.05) is 24.3 Å². The highest BCUT2D eigenvalue weighted by Gasteiger charge is 2.36. The first-order chi connectivity index (χ1) is 10.7. The number of aromatic nitrogens is 1. The fourth-order valence-electron chi connectivity index (χ4n) is 3.74. The molecule has 0 spiro atoms. The van der Waals surface area contributed by atoms with E-state index in [9.17, 15) is 9.59 Å². The Balaban J connectivity index is 0.00000156. The minimum atomic E-state index is -0.483. The Labute approximate surface area is 140 Å². The maximum Gasteiger partial charge on any atom is 0.292 e. The molecule has 0 unspecified atom stereocenters. The van der Waals surface area contributed by atoms with Crippen LogP contribution in [0.2, 0.25) is 0 Å². The Morgan fingerprint density at radius 3 is 2.61 bits per heavy atom. The van der Waals surface area contributed by atoms with E-state index in [0.717, 1.165) is 43.4 Å². The fourth-order valence-corrected chi connectivity index (χ4v) is 3.74. The molecule has 0 radical (unpaired) electrons. The summed E-state index contributed by atoms with van der Waals surface area (Å²) in [4.78, 5) is 30.2. The molecule has 6 heteroatoms. The summed E-state index contributed by atoms with van der Waals surface area (Å²) in [7, 11) is 0. The van der Waals surface area contributed by atoms with Crippen LogP contribution in [0.4, 0.5) is 0 Å². The number of amides is 1. The number of benzene rings is 1. The van der Waals surface area contributed by atoms with Gasteiger partial charge in [-0.05, 0) is 37.9 Å². The summed E-state index contributed by atoms with van der Waals surface area (Å²) in [5.74, 6) is -0.415. The molecule has 5 nitrogen and oxygen atoms in total.